The van der Waals surface area contributed by atoms with Crippen LogP contribution in [0.2, 0.25) is 0 Å². The third-order valence-electron chi connectivity index (χ3n) is 4.66. The smallest absolute Gasteiger partial charge is 0.328 e. The van der Waals surface area contributed by atoms with E-state index in [-0.39, 0.29) is 12.4 Å². The average Bonchev–Trinajstić information content (AvgIpc) is 2.82. The van der Waals surface area contributed by atoms with Crippen molar-refractivity contribution in [1.82, 2.24) is 5.32 Å². The topological polar surface area (TPSA) is 142 Å². The SMILES string of the molecule is CCCCCCOCc1cc(C(=O)CC)ccc1OCC(O)CNC(C)C.O=C(O)C=CC(=O)O. The summed E-state index contributed by atoms with van der Waals surface area (Å²) < 4.78 is 11.6. The molecular formula is C26H41NO8. The number of benzene rings is 1. The fraction of sp³-hybridized carbons (Fsp3) is 0.577. The van der Waals surface area contributed by atoms with Gasteiger partial charge in [0.1, 0.15) is 18.5 Å². The summed E-state index contributed by atoms with van der Waals surface area (Å²) in [5.74, 6) is -1.74. The van der Waals surface area contributed by atoms with Crippen LogP contribution < -0.4 is 10.1 Å². The average molecular weight is 496 g/mol. The van der Waals surface area contributed by atoms with E-state index in [0.717, 1.165) is 12.0 Å². The number of carboxylic acids is 2. The predicted octanol–water partition coefficient (Wildman–Crippen LogP) is 3.83. The number of aliphatic hydroxyl groups is 1. The van der Waals surface area contributed by atoms with Gasteiger partial charge in [0, 0.05) is 48.9 Å². The van der Waals surface area contributed by atoms with Crippen LogP contribution in [0.1, 0.15) is 75.7 Å². The number of carbonyl (C=O) groups is 3. The molecule has 0 amide bonds. The highest BCUT2D eigenvalue weighted by atomic mass is 16.5. The van der Waals surface area contributed by atoms with Crippen molar-refractivity contribution in [3.05, 3.63) is 41.5 Å². The standard InChI is InChI=1S/C22H37NO4.C4H4O4/c1-5-7-8-9-12-26-15-19-13-18(21(25)6-2)10-11-22(19)27-16-20(24)14-23-17(3)4;5-3(6)1-2-4(7)8/h10-11,13,17,20,23-24H,5-9,12,14-16H2,1-4H3;1-2H,(H,5,6)(H,7,8). The Labute approximate surface area is 208 Å². The number of aliphatic hydroxyl groups excluding tert-OH is 1. The van der Waals surface area contributed by atoms with Crippen molar-refractivity contribution in [3.8, 4) is 5.75 Å². The van der Waals surface area contributed by atoms with Crippen molar-refractivity contribution in [3.63, 3.8) is 0 Å². The molecule has 0 aromatic heterocycles. The highest BCUT2D eigenvalue weighted by molar-refractivity contribution is 5.96. The monoisotopic (exact) mass is 495 g/mol. The third-order valence-corrected chi connectivity index (χ3v) is 4.66. The first-order valence-electron chi connectivity index (χ1n) is 12.0. The molecule has 0 heterocycles. The van der Waals surface area contributed by atoms with Crippen LogP contribution in [0.15, 0.2) is 30.4 Å². The van der Waals surface area contributed by atoms with Crippen LogP contribution in [-0.2, 0) is 20.9 Å². The molecule has 1 atom stereocenters. The number of carbonyl (C=O) groups excluding carboxylic acids is 1. The number of carboxylic acid groups (broad SMARTS) is 2. The molecule has 1 rings (SSSR count). The molecule has 198 valence electrons. The van der Waals surface area contributed by atoms with Crippen LogP contribution in [0.25, 0.3) is 0 Å². The molecule has 4 N–H and O–H groups in total. The van der Waals surface area contributed by atoms with Gasteiger partial charge in [0.2, 0.25) is 0 Å². The molecule has 35 heavy (non-hydrogen) atoms. The lowest BCUT2D eigenvalue weighted by atomic mass is 10.1. The first-order chi connectivity index (χ1) is 16.6. The number of ketones is 1. The molecule has 0 saturated heterocycles. The highest BCUT2D eigenvalue weighted by Gasteiger charge is 2.12. The van der Waals surface area contributed by atoms with Crippen LogP contribution in [-0.4, -0.2) is 64.9 Å². The van der Waals surface area contributed by atoms with Gasteiger partial charge in [-0.2, -0.15) is 0 Å². The maximum Gasteiger partial charge on any atom is 0.328 e. The summed E-state index contributed by atoms with van der Waals surface area (Å²) in [6.07, 6.45) is 5.63. The fourth-order valence-electron chi connectivity index (χ4n) is 2.78. The molecule has 0 spiro atoms. The molecule has 0 bridgehead atoms. The van der Waals surface area contributed by atoms with Crippen molar-refractivity contribution in [2.24, 2.45) is 0 Å². The Morgan fingerprint density at radius 1 is 1.03 bits per heavy atom. The molecule has 1 aromatic carbocycles. The van der Waals surface area contributed by atoms with Gasteiger partial charge in [0.05, 0.1) is 6.61 Å². The van der Waals surface area contributed by atoms with E-state index >= 15 is 0 Å². The third kappa shape index (κ3) is 17.4. The van der Waals surface area contributed by atoms with E-state index < -0.39 is 18.0 Å². The van der Waals surface area contributed by atoms with Crippen LogP contribution in [0.5, 0.6) is 5.75 Å². The summed E-state index contributed by atoms with van der Waals surface area (Å²) in [5, 5.41) is 28.9. The second kappa shape index (κ2) is 19.5. The van der Waals surface area contributed by atoms with Crippen LogP contribution in [0.4, 0.5) is 0 Å². The van der Waals surface area contributed by atoms with E-state index in [4.69, 9.17) is 19.7 Å². The molecule has 9 heteroatoms. The Balaban J connectivity index is 0.00000124. The van der Waals surface area contributed by atoms with E-state index in [0.29, 0.717) is 55.7 Å². The zero-order valence-corrected chi connectivity index (χ0v) is 21.3. The van der Waals surface area contributed by atoms with Crippen molar-refractivity contribution in [2.45, 2.75) is 78.6 Å². The lowest BCUT2D eigenvalue weighted by molar-refractivity contribution is -0.134. The molecular weight excluding hydrogens is 454 g/mol. The Hall–Kier alpha value is -2.75. The lowest BCUT2D eigenvalue weighted by Gasteiger charge is -2.17. The van der Waals surface area contributed by atoms with Gasteiger partial charge in [-0.1, -0.05) is 47.0 Å². The number of rotatable bonds is 17. The van der Waals surface area contributed by atoms with E-state index in [1.807, 2.05) is 26.8 Å². The number of unbranched alkanes of at least 4 members (excludes halogenated alkanes) is 3. The van der Waals surface area contributed by atoms with Gasteiger partial charge in [0.25, 0.3) is 0 Å². The number of hydrogen-bond acceptors (Lipinski definition) is 7. The van der Waals surface area contributed by atoms with Crippen LogP contribution in [0.3, 0.4) is 0 Å². The summed E-state index contributed by atoms with van der Waals surface area (Å²) >= 11 is 0. The molecule has 9 nitrogen and oxygen atoms in total. The maximum atomic E-state index is 12.0. The van der Waals surface area contributed by atoms with Gasteiger partial charge in [0.15, 0.2) is 5.78 Å². The predicted molar refractivity (Wildman–Crippen MR) is 134 cm³/mol. The van der Waals surface area contributed by atoms with Gasteiger partial charge in [-0.25, -0.2) is 9.59 Å². The molecule has 0 aliphatic rings. The maximum absolute atomic E-state index is 12.0. The first-order valence-corrected chi connectivity index (χ1v) is 12.0. The van der Waals surface area contributed by atoms with Gasteiger partial charge >= 0.3 is 11.9 Å². The molecule has 0 saturated carbocycles. The van der Waals surface area contributed by atoms with Gasteiger partial charge in [-0.05, 0) is 24.6 Å². The minimum absolute atomic E-state index is 0.104. The number of hydrogen-bond donors (Lipinski definition) is 4. The summed E-state index contributed by atoms with van der Waals surface area (Å²) in [7, 11) is 0. The Bertz CT molecular complexity index is 776. The largest absolute Gasteiger partial charge is 0.490 e. The molecule has 1 aromatic rings. The van der Waals surface area contributed by atoms with Crippen molar-refractivity contribution < 1.29 is 39.2 Å². The zero-order chi connectivity index (χ0) is 26.6. The van der Waals surface area contributed by atoms with Crippen LogP contribution in [0, 0.1) is 0 Å². The van der Waals surface area contributed by atoms with Crippen molar-refractivity contribution in [1.29, 1.82) is 0 Å². The lowest BCUT2D eigenvalue weighted by Crippen LogP contribution is -2.35. The van der Waals surface area contributed by atoms with E-state index in [1.165, 1.54) is 19.3 Å². The molecule has 0 radical (unpaired) electrons. The zero-order valence-electron chi connectivity index (χ0n) is 21.3. The van der Waals surface area contributed by atoms with E-state index in [9.17, 15) is 19.5 Å². The Morgan fingerprint density at radius 3 is 2.23 bits per heavy atom. The summed E-state index contributed by atoms with van der Waals surface area (Å²) in [4.78, 5) is 31.1. The van der Waals surface area contributed by atoms with Crippen molar-refractivity contribution in [2.75, 3.05) is 19.8 Å². The summed E-state index contributed by atoms with van der Waals surface area (Å²) in [6.45, 7) is 9.90. The van der Waals surface area contributed by atoms with Gasteiger partial charge in [-0.15, -0.1) is 0 Å². The number of Topliss-reactive ketones (excluding diaryl/α,β-unsaturated/α-hetero) is 1. The summed E-state index contributed by atoms with van der Waals surface area (Å²) in [6, 6.07) is 5.76. The second-order valence-corrected chi connectivity index (χ2v) is 8.25. The van der Waals surface area contributed by atoms with E-state index in [2.05, 4.69) is 12.2 Å². The normalized spacial score (nSPS) is 11.7. The molecule has 0 aliphatic heterocycles. The molecule has 1 unspecified atom stereocenters. The summed E-state index contributed by atoms with van der Waals surface area (Å²) in [5.41, 5.74) is 1.53. The Morgan fingerprint density at radius 2 is 1.69 bits per heavy atom. The molecule has 0 aliphatic carbocycles. The quantitative estimate of drug-likeness (QED) is 0.144. The van der Waals surface area contributed by atoms with Crippen LogP contribution >= 0.6 is 0 Å². The fourth-order valence-corrected chi connectivity index (χ4v) is 2.78. The Kier molecular flexibility index (Phi) is 18.0. The minimum atomic E-state index is -1.26. The number of nitrogens with one attached hydrogen (secondary N) is 1. The number of ether oxygens (including phenoxy) is 2. The van der Waals surface area contributed by atoms with E-state index in [1.54, 1.807) is 12.1 Å². The van der Waals surface area contributed by atoms with Gasteiger partial charge < -0.3 is 30.1 Å². The number of aliphatic carboxylic acids is 2. The molecule has 0 fully saturated rings. The second-order valence-electron chi connectivity index (χ2n) is 8.25. The minimum Gasteiger partial charge on any atom is -0.490 e. The first kappa shape index (κ1) is 32.2. The highest BCUT2D eigenvalue weighted by Crippen LogP contribution is 2.22. The van der Waals surface area contributed by atoms with Crippen molar-refractivity contribution >= 4 is 17.7 Å². The van der Waals surface area contributed by atoms with Gasteiger partial charge in [-0.3, -0.25) is 4.79 Å².